The fourth-order valence-corrected chi connectivity index (χ4v) is 3.57. The molecule has 0 bridgehead atoms. The molecular weight excluding hydrogens is 435 g/mol. The number of aromatic amines is 1. The molecule has 2 aromatic rings. The Bertz CT molecular complexity index is 931. The summed E-state index contributed by atoms with van der Waals surface area (Å²) >= 11 is 6.62. The van der Waals surface area contributed by atoms with E-state index >= 15 is 0 Å². The van der Waals surface area contributed by atoms with E-state index in [2.05, 4.69) is 23.0 Å². The van der Waals surface area contributed by atoms with E-state index in [4.69, 9.17) is 21.6 Å². The number of imidazole rings is 1. The van der Waals surface area contributed by atoms with Gasteiger partial charge in [-0.3, -0.25) is 0 Å². The van der Waals surface area contributed by atoms with Gasteiger partial charge in [-0.15, -0.1) is 0 Å². The summed E-state index contributed by atoms with van der Waals surface area (Å²) < 4.78 is 43.5. The van der Waals surface area contributed by atoms with E-state index in [-0.39, 0.29) is 21.4 Å². The van der Waals surface area contributed by atoms with Gasteiger partial charge in [0.1, 0.15) is 10.9 Å². The van der Waals surface area contributed by atoms with Crippen molar-refractivity contribution in [1.29, 1.82) is 5.26 Å². The van der Waals surface area contributed by atoms with Crippen molar-refractivity contribution >= 4 is 23.4 Å². The van der Waals surface area contributed by atoms with Crippen molar-refractivity contribution in [2.24, 2.45) is 0 Å². The maximum atomic E-state index is 12.8. The minimum Gasteiger partial charge on any atom is -0.380 e. The number of nitrogens with zero attached hydrogens (tertiary/aromatic N) is 2. The summed E-state index contributed by atoms with van der Waals surface area (Å²) in [6, 6.07) is 6.27. The van der Waals surface area contributed by atoms with Gasteiger partial charge in [0.2, 0.25) is 0 Å². The molecule has 0 amide bonds. The highest BCUT2D eigenvalue weighted by molar-refractivity contribution is 7.99. The zero-order valence-electron chi connectivity index (χ0n) is 17.1. The van der Waals surface area contributed by atoms with Crippen LogP contribution < -0.4 is 0 Å². The first kappa shape index (κ1) is 25.8. The molecule has 1 heterocycles. The van der Waals surface area contributed by atoms with Crippen molar-refractivity contribution in [3.63, 3.8) is 0 Å². The number of aromatic nitrogens is 2. The average Bonchev–Trinajstić information content (AvgIpc) is 3.05. The smallest absolute Gasteiger partial charge is 0.380 e. The lowest BCUT2D eigenvalue weighted by Gasteiger charge is -2.06. The van der Waals surface area contributed by atoms with Crippen LogP contribution in [0.5, 0.6) is 0 Å². The summed E-state index contributed by atoms with van der Waals surface area (Å²) in [5.41, 5.74) is 0.708. The third kappa shape index (κ3) is 8.66. The van der Waals surface area contributed by atoms with E-state index in [1.807, 2.05) is 25.1 Å². The summed E-state index contributed by atoms with van der Waals surface area (Å²) in [6.07, 6.45) is 2.71. The Morgan fingerprint density at radius 1 is 1.37 bits per heavy atom. The third-order valence-corrected chi connectivity index (χ3v) is 4.77. The SMILES string of the molecule is C/C=C\C=C(/CC)COC.Cc1nc(Sc2cc(Cl)cc(C#N)c2)c(C(F)(F)F)[nH]1. The number of hydrogen-bond donors (Lipinski definition) is 1. The number of rotatable bonds is 6. The molecule has 2 rings (SSSR count). The number of aryl methyl sites for hydroxylation is 1. The number of benzene rings is 1. The van der Waals surface area contributed by atoms with Gasteiger partial charge in [-0.2, -0.15) is 18.4 Å². The zero-order valence-corrected chi connectivity index (χ0v) is 18.7. The Morgan fingerprint density at radius 2 is 2.07 bits per heavy atom. The highest BCUT2D eigenvalue weighted by Gasteiger charge is 2.36. The molecule has 0 aliphatic heterocycles. The van der Waals surface area contributed by atoms with Gasteiger partial charge in [0.05, 0.1) is 18.2 Å². The quantitative estimate of drug-likeness (QED) is 0.476. The number of ether oxygens (including phenoxy) is 1. The molecule has 162 valence electrons. The molecule has 0 radical (unpaired) electrons. The van der Waals surface area contributed by atoms with Gasteiger partial charge >= 0.3 is 6.18 Å². The number of hydrogen-bond acceptors (Lipinski definition) is 4. The maximum absolute atomic E-state index is 12.8. The Labute approximate surface area is 183 Å². The van der Waals surface area contributed by atoms with Gasteiger partial charge in [-0.25, -0.2) is 4.98 Å². The number of H-pyrrole nitrogens is 1. The Hall–Kier alpha value is -2.21. The van der Waals surface area contributed by atoms with Crippen LogP contribution in [-0.2, 0) is 10.9 Å². The van der Waals surface area contributed by atoms with Crippen LogP contribution in [0.2, 0.25) is 5.02 Å². The van der Waals surface area contributed by atoms with Crippen LogP contribution in [0.4, 0.5) is 13.2 Å². The Kier molecular flexibility index (Phi) is 10.7. The van der Waals surface area contributed by atoms with Crippen molar-refractivity contribution < 1.29 is 17.9 Å². The van der Waals surface area contributed by atoms with E-state index in [1.165, 1.54) is 30.7 Å². The van der Waals surface area contributed by atoms with Gasteiger partial charge < -0.3 is 9.72 Å². The fourth-order valence-electron chi connectivity index (χ4n) is 2.22. The highest BCUT2D eigenvalue weighted by Crippen LogP contribution is 2.38. The molecule has 0 fully saturated rings. The van der Waals surface area contributed by atoms with E-state index < -0.39 is 11.9 Å². The topological polar surface area (TPSA) is 61.7 Å². The number of methoxy groups -OCH3 is 1. The molecular formula is C21H23ClF3N3OS. The summed E-state index contributed by atoms with van der Waals surface area (Å²) in [5, 5.41) is 8.91. The van der Waals surface area contributed by atoms with Crippen LogP contribution in [0.1, 0.15) is 37.4 Å². The van der Waals surface area contributed by atoms with E-state index in [0.717, 1.165) is 24.8 Å². The van der Waals surface area contributed by atoms with Crippen LogP contribution in [0.15, 0.2) is 51.9 Å². The highest BCUT2D eigenvalue weighted by atomic mass is 35.5. The number of nitrogens with one attached hydrogen (secondary N) is 1. The van der Waals surface area contributed by atoms with Gasteiger partial charge in [0.25, 0.3) is 0 Å². The van der Waals surface area contributed by atoms with E-state index in [9.17, 15) is 13.2 Å². The molecule has 1 N–H and O–H groups in total. The van der Waals surface area contributed by atoms with Crippen LogP contribution in [0, 0.1) is 18.3 Å². The van der Waals surface area contributed by atoms with Crippen LogP contribution in [0.25, 0.3) is 0 Å². The zero-order chi connectivity index (χ0) is 22.7. The standard InChI is InChI=1S/C12H7ClF3N3S.C9H16O/c1-6-18-10(12(14,15)16)11(19-6)20-9-3-7(5-17)2-8(13)4-9;1-4-6-7-9(5-2)8-10-3/h2-4H,1H3,(H,18,19);4,6-7H,5,8H2,1-3H3/b;6-4-,9-7+. The van der Waals surface area contributed by atoms with Crippen molar-refractivity contribution in [2.45, 2.75) is 43.3 Å². The first-order valence-corrected chi connectivity index (χ1v) is 10.2. The average molecular weight is 458 g/mol. The molecule has 0 unspecified atom stereocenters. The summed E-state index contributed by atoms with van der Waals surface area (Å²) in [4.78, 5) is 6.43. The summed E-state index contributed by atoms with van der Waals surface area (Å²) in [5.74, 6) is 0.169. The molecule has 4 nitrogen and oxygen atoms in total. The largest absolute Gasteiger partial charge is 0.433 e. The van der Waals surface area contributed by atoms with Crippen LogP contribution in [0.3, 0.4) is 0 Å². The minimum atomic E-state index is -4.51. The number of allylic oxidation sites excluding steroid dienone is 3. The third-order valence-electron chi connectivity index (χ3n) is 3.60. The second-order valence-corrected chi connectivity index (χ2v) is 7.53. The molecule has 0 saturated heterocycles. The van der Waals surface area contributed by atoms with E-state index in [0.29, 0.717) is 4.90 Å². The lowest BCUT2D eigenvalue weighted by atomic mass is 10.2. The molecule has 0 atom stereocenters. The minimum absolute atomic E-state index is 0.169. The maximum Gasteiger partial charge on any atom is 0.433 e. The molecule has 0 saturated carbocycles. The molecule has 1 aromatic carbocycles. The monoisotopic (exact) mass is 457 g/mol. The Balaban J connectivity index is 0.000000382. The van der Waals surface area contributed by atoms with Crippen LogP contribution >= 0.6 is 23.4 Å². The van der Waals surface area contributed by atoms with Crippen molar-refractivity contribution in [2.75, 3.05) is 13.7 Å². The van der Waals surface area contributed by atoms with Crippen molar-refractivity contribution in [3.8, 4) is 6.07 Å². The molecule has 1 aromatic heterocycles. The lowest BCUT2D eigenvalue weighted by molar-refractivity contribution is -0.143. The second-order valence-electron chi connectivity index (χ2n) is 6.03. The Morgan fingerprint density at radius 3 is 2.60 bits per heavy atom. The van der Waals surface area contributed by atoms with Crippen LogP contribution in [-0.4, -0.2) is 23.7 Å². The van der Waals surface area contributed by atoms with Gasteiger partial charge in [0.15, 0.2) is 5.69 Å². The summed E-state index contributed by atoms with van der Waals surface area (Å²) in [7, 11) is 1.72. The number of halogens is 4. The molecule has 9 heteroatoms. The lowest BCUT2D eigenvalue weighted by Crippen LogP contribution is -2.07. The molecule has 30 heavy (non-hydrogen) atoms. The predicted octanol–water partition coefficient (Wildman–Crippen LogP) is 6.96. The summed E-state index contributed by atoms with van der Waals surface area (Å²) in [6.45, 7) is 6.34. The van der Waals surface area contributed by atoms with Gasteiger partial charge in [-0.05, 0) is 44.0 Å². The van der Waals surface area contributed by atoms with Crippen molar-refractivity contribution in [3.05, 3.63) is 64.1 Å². The first-order valence-electron chi connectivity index (χ1n) is 8.96. The predicted molar refractivity (Wildman–Crippen MR) is 114 cm³/mol. The van der Waals surface area contributed by atoms with Gasteiger partial charge in [0, 0.05) is 17.0 Å². The first-order chi connectivity index (χ1) is 14.1. The number of alkyl halides is 3. The number of nitriles is 1. The van der Waals surface area contributed by atoms with Gasteiger partial charge in [-0.1, -0.05) is 48.5 Å². The fraction of sp³-hybridized carbons (Fsp3) is 0.333. The van der Waals surface area contributed by atoms with E-state index in [1.54, 1.807) is 7.11 Å². The molecule has 0 aliphatic rings. The normalized spacial score (nSPS) is 11.9. The van der Waals surface area contributed by atoms with Crippen molar-refractivity contribution in [1.82, 2.24) is 9.97 Å². The molecule has 0 aliphatic carbocycles. The second kappa shape index (κ2) is 12.5. The molecule has 0 spiro atoms.